The van der Waals surface area contributed by atoms with Gasteiger partial charge in [0, 0.05) is 17.5 Å². The lowest BCUT2D eigenvalue weighted by atomic mass is 10.0. The normalized spacial score (nSPS) is 21.3. The first-order valence-corrected chi connectivity index (χ1v) is 9.08. The van der Waals surface area contributed by atoms with Crippen LogP contribution in [0.2, 0.25) is 0 Å². The molecule has 4 N–H and O–H groups in total. The van der Waals surface area contributed by atoms with Gasteiger partial charge >= 0.3 is 12.1 Å². The Balaban J connectivity index is 1.71. The molecule has 0 unspecified atom stereocenters. The van der Waals surface area contributed by atoms with Gasteiger partial charge in [0.15, 0.2) is 0 Å². The number of carbonyl (C=O) groups is 4. The Bertz CT molecular complexity index is 910. The average Bonchev–Trinajstić information content (AvgIpc) is 2.65. The topological polar surface area (TPSA) is 157 Å². The number of rotatable bonds is 5. The minimum atomic E-state index is -1.47. The molecule has 2 aliphatic rings. The van der Waals surface area contributed by atoms with E-state index < -0.39 is 35.3 Å². The number of aliphatic imine (C=N–C) groups is 1. The molecule has 0 aliphatic carbocycles. The summed E-state index contributed by atoms with van der Waals surface area (Å²) < 4.78 is 0. The first kappa shape index (κ1) is 19.4. The van der Waals surface area contributed by atoms with Crippen LogP contribution >= 0.6 is 11.8 Å². The molecule has 1 aromatic rings. The first-order valence-electron chi connectivity index (χ1n) is 8.03. The van der Waals surface area contributed by atoms with E-state index in [1.54, 1.807) is 12.1 Å². The van der Waals surface area contributed by atoms with E-state index in [0.29, 0.717) is 5.56 Å². The molecule has 3 rings (SSSR count). The van der Waals surface area contributed by atoms with Crippen LogP contribution in [-0.2, 0) is 20.8 Å². The van der Waals surface area contributed by atoms with E-state index in [2.05, 4.69) is 10.3 Å². The number of carbonyl (C=O) groups excluding carboxylic acids is 2. The van der Waals surface area contributed by atoms with E-state index in [1.165, 1.54) is 23.9 Å². The number of aliphatic carboxylic acids is 1. The molecule has 1 fully saturated rings. The zero-order chi connectivity index (χ0) is 20.4. The summed E-state index contributed by atoms with van der Waals surface area (Å²) in [6.45, 7) is 0. The Morgan fingerprint density at radius 1 is 1.25 bits per heavy atom. The first-order chi connectivity index (χ1) is 13.3. The van der Waals surface area contributed by atoms with Gasteiger partial charge in [-0.3, -0.25) is 14.5 Å². The number of thioether (sulfide) groups is 1. The van der Waals surface area contributed by atoms with Crippen molar-refractivity contribution in [2.24, 2.45) is 4.99 Å². The van der Waals surface area contributed by atoms with E-state index in [9.17, 15) is 29.4 Å². The lowest BCUT2D eigenvalue weighted by molar-refractivity contribution is -0.150. The molecule has 0 radical (unpaired) electrons. The third kappa shape index (κ3) is 3.83. The second kappa shape index (κ2) is 7.72. The number of carboxylic acids is 1. The van der Waals surface area contributed by atoms with Gasteiger partial charge in [-0.2, -0.15) is 4.99 Å². The summed E-state index contributed by atoms with van der Waals surface area (Å²) in [4.78, 5) is 51.0. The molecule has 28 heavy (non-hydrogen) atoms. The minimum Gasteiger partial charge on any atom is -0.508 e. The van der Waals surface area contributed by atoms with Gasteiger partial charge in [0.25, 0.3) is 5.91 Å². The van der Waals surface area contributed by atoms with Crippen molar-refractivity contribution in [3.05, 3.63) is 41.1 Å². The number of hydrogen-bond acceptors (Lipinski definition) is 6. The van der Waals surface area contributed by atoms with Gasteiger partial charge in [-0.05, 0) is 17.7 Å². The number of β-lactam (4-membered cyclic amide) rings is 1. The van der Waals surface area contributed by atoms with Gasteiger partial charge in [-0.25, -0.2) is 9.59 Å². The predicted molar refractivity (Wildman–Crippen MR) is 98.0 cm³/mol. The molecule has 0 spiro atoms. The fourth-order valence-corrected chi connectivity index (χ4v) is 4.20. The molecule has 0 bridgehead atoms. The van der Waals surface area contributed by atoms with Crippen LogP contribution < -0.4 is 5.32 Å². The van der Waals surface area contributed by atoms with Crippen molar-refractivity contribution in [3.63, 3.8) is 0 Å². The van der Waals surface area contributed by atoms with Crippen LogP contribution in [-0.4, -0.2) is 67.5 Å². The Morgan fingerprint density at radius 2 is 1.93 bits per heavy atom. The number of nitrogens with zero attached hydrogens (tertiary/aromatic N) is 2. The van der Waals surface area contributed by atoms with E-state index in [4.69, 9.17) is 5.11 Å². The summed E-state index contributed by atoms with van der Waals surface area (Å²) in [6.07, 6.45) is -0.558. The number of carboxylic acid groups (broad SMARTS) is 2. The highest BCUT2D eigenvalue weighted by Crippen LogP contribution is 2.39. The number of phenols is 1. The molecule has 0 saturated carbocycles. The maximum absolute atomic E-state index is 12.4. The lowest BCUT2D eigenvalue weighted by Gasteiger charge is -2.49. The van der Waals surface area contributed by atoms with Gasteiger partial charge in [0.1, 0.15) is 22.9 Å². The summed E-state index contributed by atoms with van der Waals surface area (Å²) in [5.74, 6) is -2.17. The van der Waals surface area contributed by atoms with Crippen molar-refractivity contribution < 1.29 is 34.5 Å². The third-order valence-corrected chi connectivity index (χ3v) is 5.45. The highest BCUT2D eigenvalue weighted by molar-refractivity contribution is 8.00. The monoisotopic (exact) mass is 405 g/mol. The van der Waals surface area contributed by atoms with E-state index in [1.807, 2.05) is 0 Å². The van der Waals surface area contributed by atoms with E-state index in [-0.39, 0.29) is 29.2 Å². The number of phenolic OH excluding ortho intramolecular Hbond substituents is 1. The molecule has 2 atom stereocenters. The number of nitrogens with one attached hydrogen (secondary N) is 1. The SMILES string of the molecule is O=C(O)/N=C/C1=C(C(=O)O)N2C(=O)[C@@H](NC(=O)Cc3ccc(O)cc3)[C@H]2SC1. The predicted octanol–water partition coefficient (Wildman–Crippen LogP) is 0.422. The van der Waals surface area contributed by atoms with E-state index in [0.717, 1.165) is 11.1 Å². The van der Waals surface area contributed by atoms with Crippen molar-refractivity contribution in [2.45, 2.75) is 17.8 Å². The number of aromatic hydroxyl groups is 1. The summed E-state index contributed by atoms with van der Waals surface area (Å²) in [5.41, 5.74) is 0.426. The number of hydrogen-bond donors (Lipinski definition) is 4. The van der Waals surface area contributed by atoms with Crippen LogP contribution in [0.4, 0.5) is 4.79 Å². The zero-order valence-corrected chi connectivity index (χ0v) is 15.0. The van der Waals surface area contributed by atoms with Crippen LogP contribution in [0.1, 0.15) is 5.56 Å². The van der Waals surface area contributed by atoms with Crippen LogP contribution in [0.15, 0.2) is 40.5 Å². The number of benzene rings is 1. The number of amides is 3. The second-order valence-electron chi connectivity index (χ2n) is 6.02. The second-order valence-corrected chi connectivity index (χ2v) is 7.12. The third-order valence-electron chi connectivity index (χ3n) is 4.15. The zero-order valence-electron chi connectivity index (χ0n) is 14.2. The minimum absolute atomic E-state index is 0.000404. The summed E-state index contributed by atoms with van der Waals surface area (Å²) in [6, 6.07) is 5.18. The molecule has 2 heterocycles. The van der Waals surface area contributed by atoms with Crippen LogP contribution in [0, 0.1) is 0 Å². The van der Waals surface area contributed by atoms with Gasteiger partial charge in [0.05, 0.1) is 6.42 Å². The smallest absolute Gasteiger partial charge is 0.431 e. The van der Waals surface area contributed by atoms with Gasteiger partial charge in [-0.15, -0.1) is 11.8 Å². The quantitative estimate of drug-likeness (QED) is 0.406. The fraction of sp³-hybridized carbons (Fsp3) is 0.235. The highest BCUT2D eigenvalue weighted by atomic mass is 32.2. The molecule has 11 heteroatoms. The summed E-state index contributed by atoms with van der Waals surface area (Å²) in [5, 5.41) is 29.3. The molecule has 1 saturated heterocycles. The Hall–Kier alpha value is -3.34. The summed E-state index contributed by atoms with van der Waals surface area (Å²) in [7, 11) is 0. The van der Waals surface area contributed by atoms with Crippen LogP contribution in [0.5, 0.6) is 5.75 Å². The molecular weight excluding hydrogens is 390 g/mol. The molecule has 1 aromatic carbocycles. The Labute approximate surface area is 162 Å². The van der Waals surface area contributed by atoms with Crippen molar-refractivity contribution >= 4 is 41.9 Å². The lowest BCUT2D eigenvalue weighted by Crippen LogP contribution is -2.70. The average molecular weight is 405 g/mol. The van der Waals surface area contributed by atoms with Gasteiger partial charge in [0.2, 0.25) is 5.91 Å². The maximum Gasteiger partial charge on any atom is 0.431 e. The molecule has 2 aliphatic heterocycles. The highest BCUT2D eigenvalue weighted by Gasteiger charge is 2.54. The molecular formula is C17H15N3O7S. The fourth-order valence-electron chi connectivity index (χ4n) is 2.90. The molecule has 10 nitrogen and oxygen atoms in total. The maximum atomic E-state index is 12.4. The molecule has 0 aromatic heterocycles. The number of fused-ring (bicyclic) bond motifs is 1. The summed E-state index contributed by atoms with van der Waals surface area (Å²) >= 11 is 1.21. The Morgan fingerprint density at radius 3 is 2.54 bits per heavy atom. The van der Waals surface area contributed by atoms with Crippen molar-refractivity contribution in [1.29, 1.82) is 0 Å². The van der Waals surface area contributed by atoms with Crippen LogP contribution in [0.3, 0.4) is 0 Å². The Kier molecular flexibility index (Phi) is 5.36. The molecule has 146 valence electrons. The van der Waals surface area contributed by atoms with E-state index >= 15 is 0 Å². The largest absolute Gasteiger partial charge is 0.508 e. The van der Waals surface area contributed by atoms with Crippen molar-refractivity contribution in [1.82, 2.24) is 10.2 Å². The molecule has 3 amide bonds. The van der Waals surface area contributed by atoms with Crippen LogP contribution in [0.25, 0.3) is 0 Å². The van der Waals surface area contributed by atoms with Crippen molar-refractivity contribution in [2.75, 3.05) is 5.75 Å². The van der Waals surface area contributed by atoms with Gasteiger partial charge < -0.3 is 20.6 Å². The van der Waals surface area contributed by atoms with Gasteiger partial charge in [-0.1, -0.05) is 12.1 Å². The van der Waals surface area contributed by atoms with Crippen molar-refractivity contribution in [3.8, 4) is 5.75 Å². The standard InChI is InChI=1S/C17H15N3O7S/c21-10-3-1-8(2-4-10)5-11(22)19-12-14(23)20-13(16(24)25)9(6-18-17(26)27)7-28-15(12)20/h1-4,6,12,15,21H,5,7H2,(H,19,22)(H,24,25)(H,26,27)/b18-6+/t12-,15-/m1/s1.